The molecule has 1 aromatic rings. The lowest BCUT2D eigenvalue weighted by atomic mass is 10.1. The van der Waals surface area contributed by atoms with Crippen molar-refractivity contribution in [3.8, 4) is 0 Å². The van der Waals surface area contributed by atoms with E-state index in [1.807, 2.05) is 0 Å². The maximum absolute atomic E-state index is 5.73. The second kappa shape index (κ2) is 14.7. The molecule has 0 atom stereocenters. The van der Waals surface area contributed by atoms with Gasteiger partial charge in [-0.1, -0.05) is 77.6 Å². The van der Waals surface area contributed by atoms with E-state index in [0.717, 1.165) is 6.61 Å². The average Bonchev–Trinajstić information content (AvgIpc) is 2.55. The number of aryl methyl sites for hydroxylation is 1. The fourth-order valence-corrected chi connectivity index (χ4v) is 2.95. The lowest BCUT2D eigenvalue weighted by Crippen LogP contribution is -2.34. The van der Waals surface area contributed by atoms with Crippen LogP contribution < -0.4 is 4.57 Å². The van der Waals surface area contributed by atoms with Gasteiger partial charge in [0.25, 0.3) is 6.73 Å². The van der Waals surface area contributed by atoms with Crippen LogP contribution in [0.4, 0.5) is 0 Å². The van der Waals surface area contributed by atoms with Crippen molar-refractivity contribution in [2.24, 2.45) is 0 Å². The zero-order chi connectivity index (χ0) is 16.6. The topological polar surface area (TPSA) is 13.1 Å². The molecular weight excluding hydrogens is 282 g/mol. The monoisotopic (exact) mass is 320 g/mol. The van der Waals surface area contributed by atoms with Crippen LogP contribution in [0.3, 0.4) is 0 Å². The van der Waals surface area contributed by atoms with Gasteiger partial charge in [0.15, 0.2) is 12.4 Å². The van der Waals surface area contributed by atoms with Gasteiger partial charge in [-0.2, -0.15) is 4.57 Å². The summed E-state index contributed by atoms with van der Waals surface area (Å²) in [6.45, 7) is 5.96. The number of unbranched alkanes of at least 4 members (excludes halogenated alkanes) is 11. The first-order valence-electron chi connectivity index (χ1n) is 9.86. The molecule has 2 nitrogen and oxygen atoms in total. The molecule has 0 N–H and O–H groups in total. The van der Waals surface area contributed by atoms with Gasteiger partial charge in [0.1, 0.15) is 0 Å². The Hall–Kier alpha value is -0.890. The van der Waals surface area contributed by atoms with E-state index in [2.05, 4.69) is 42.9 Å². The molecule has 1 heterocycles. The Balaban J connectivity index is 1.78. The second-order valence-corrected chi connectivity index (χ2v) is 6.82. The van der Waals surface area contributed by atoms with Gasteiger partial charge in [0.05, 0.1) is 6.61 Å². The van der Waals surface area contributed by atoms with E-state index in [1.165, 1.54) is 82.6 Å². The Labute approximate surface area is 144 Å². The molecule has 0 aliphatic heterocycles. The highest BCUT2D eigenvalue weighted by Crippen LogP contribution is 2.11. The fourth-order valence-electron chi connectivity index (χ4n) is 2.95. The van der Waals surface area contributed by atoms with Crippen LogP contribution in [-0.4, -0.2) is 6.61 Å². The van der Waals surface area contributed by atoms with Crippen molar-refractivity contribution in [2.75, 3.05) is 6.61 Å². The van der Waals surface area contributed by atoms with Crippen molar-refractivity contribution < 1.29 is 9.30 Å². The van der Waals surface area contributed by atoms with E-state index in [0.29, 0.717) is 6.73 Å². The van der Waals surface area contributed by atoms with Crippen molar-refractivity contribution in [1.29, 1.82) is 0 Å². The Morgan fingerprint density at radius 3 is 1.96 bits per heavy atom. The summed E-state index contributed by atoms with van der Waals surface area (Å²) in [6.07, 6.45) is 20.9. The standard InChI is InChI=1S/C21H38NO/c1-3-4-5-6-7-8-9-10-11-12-13-14-18-23-20-22-17-15-16-21(2)19-22/h15-17,19H,3-14,18,20H2,1-2H3/q+1. The van der Waals surface area contributed by atoms with Crippen molar-refractivity contribution in [1.82, 2.24) is 0 Å². The summed E-state index contributed by atoms with van der Waals surface area (Å²) in [5.41, 5.74) is 1.28. The van der Waals surface area contributed by atoms with E-state index >= 15 is 0 Å². The van der Waals surface area contributed by atoms with Crippen molar-refractivity contribution in [3.05, 3.63) is 30.1 Å². The molecule has 23 heavy (non-hydrogen) atoms. The summed E-state index contributed by atoms with van der Waals surface area (Å²) >= 11 is 0. The van der Waals surface area contributed by atoms with Crippen LogP contribution in [0.5, 0.6) is 0 Å². The molecule has 0 spiro atoms. The SMILES string of the molecule is CCCCCCCCCCCCCCOC[n+]1cccc(C)c1. The van der Waals surface area contributed by atoms with E-state index < -0.39 is 0 Å². The van der Waals surface area contributed by atoms with Crippen molar-refractivity contribution in [2.45, 2.75) is 97.6 Å². The summed E-state index contributed by atoms with van der Waals surface area (Å²) in [5, 5.41) is 0. The number of hydrogen-bond donors (Lipinski definition) is 0. The first-order chi connectivity index (χ1) is 11.3. The van der Waals surface area contributed by atoms with Crippen molar-refractivity contribution >= 4 is 0 Å². The molecular formula is C21H38NO+. The molecule has 0 amide bonds. The Morgan fingerprint density at radius 1 is 0.826 bits per heavy atom. The molecule has 132 valence electrons. The number of rotatable bonds is 15. The quantitative estimate of drug-likeness (QED) is 0.287. The van der Waals surface area contributed by atoms with Crippen LogP contribution in [0.15, 0.2) is 24.5 Å². The van der Waals surface area contributed by atoms with Gasteiger partial charge in [-0.3, -0.25) is 0 Å². The zero-order valence-corrected chi connectivity index (χ0v) is 15.6. The number of ether oxygens (including phenoxy) is 1. The van der Waals surface area contributed by atoms with Gasteiger partial charge in [-0.25, -0.2) is 0 Å². The smallest absolute Gasteiger partial charge is 0.252 e. The first kappa shape index (κ1) is 20.2. The third-order valence-electron chi connectivity index (χ3n) is 4.39. The fraction of sp³-hybridized carbons (Fsp3) is 0.762. The molecule has 0 fully saturated rings. The molecule has 0 saturated heterocycles. The van der Waals surface area contributed by atoms with E-state index in [1.54, 1.807) is 0 Å². The minimum atomic E-state index is 0.680. The predicted octanol–water partition coefficient (Wildman–Crippen LogP) is 5.96. The van der Waals surface area contributed by atoms with Gasteiger partial charge in [0, 0.05) is 11.6 Å². The third kappa shape index (κ3) is 12.2. The molecule has 1 aromatic heterocycles. The van der Waals surface area contributed by atoms with Crippen LogP contribution in [0.1, 0.15) is 89.5 Å². The first-order valence-corrected chi connectivity index (χ1v) is 9.86. The molecule has 0 aliphatic rings. The summed E-state index contributed by atoms with van der Waals surface area (Å²) in [7, 11) is 0. The van der Waals surface area contributed by atoms with Gasteiger partial charge >= 0.3 is 0 Å². The maximum atomic E-state index is 5.73. The predicted molar refractivity (Wildman–Crippen MR) is 98.4 cm³/mol. The Morgan fingerprint density at radius 2 is 1.39 bits per heavy atom. The van der Waals surface area contributed by atoms with Crippen LogP contribution in [-0.2, 0) is 11.5 Å². The number of aromatic nitrogens is 1. The summed E-state index contributed by atoms with van der Waals surface area (Å²) in [5.74, 6) is 0. The number of nitrogens with zero attached hydrogens (tertiary/aromatic N) is 1. The highest BCUT2D eigenvalue weighted by molar-refractivity contribution is 5.01. The van der Waals surface area contributed by atoms with E-state index in [4.69, 9.17) is 4.74 Å². The molecule has 0 radical (unpaired) electrons. The Kier molecular flexibility index (Phi) is 12.9. The second-order valence-electron chi connectivity index (χ2n) is 6.82. The molecule has 0 bridgehead atoms. The minimum Gasteiger partial charge on any atom is -0.323 e. The van der Waals surface area contributed by atoms with Gasteiger partial charge in [-0.15, -0.1) is 0 Å². The number of hydrogen-bond acceptors (Lipinski definition) is 1. The van der Waals surface area contributed by atoms with Gasteiger partial charge in [0.2, 0.25) is 0 Å². The summed E-state index contributed by atoms with van der Waals surface area (Å²) in [6, 6.07) is 4.18. The Bertz CT molecular complexity index is 378. The molecule has 1 rings (SSSR count). The van der Waals surface area contributed by atoms with Crippen LogP contribution in [0, 0.1) is 6.92 Å². The van der Waals surface area contributed by atoms with E-state index in [9.17, 15) is 0 Å². The summed E-state index contributed by atoms with van der Waals surface area (Å²) < 4.78 is 7.84. The van der Waals surface area contributed by atoms with E-state index in [-0.39, 0.29) is 0 Å². The molecule has 0 unspecified atom stereocenters. The highest BCUT2D eigenvalue weighted by Gasteiger charge is 1.99. The summed E-state index contributed by atoms with van der Waals surface area (Å²) in [4.78, 5) is 0. The normalized spacial score (nSPS) is 11.0. The maximum Gasteiger partial charge on any atom is 0.252 e. The van der Waals surface area contributed by atoms with Crippen LogP contribution in [0.25, 0.3) is 0 Å². The minimum absolute atomic E-state index is 0.680. The van der Waals surface area contributed by atoms with Crippen molar-refractivity contribution in [3.63, 3.8) is 0 Å². The largest absolute Gasteiger partial charge is 0.323 e. The molecule has 2 heteroatoms. The van der Waals surface area contributed by atoms with Crippen LogP contribution >= 0.6 is 0 Å². The lowest BCUT2D eigenvalue weighted by molar-refractivity contribution is -0.733. The van der Waals surface area contributed by atoms with Gasteiger partial charge < -0.3 is 4.74 Å². The van der Waals surface area contributed by atoms with Gasteiger partial charge in [-0.05, 0) is 19.4 Å². The average molecular weight is 321 g/mol. The molecule has 0 saturated carbocycles. The molecule has 0 aliphatic carbocycles. The highest BCUT2D eigenvalue weighted by atomic mass is 16.5. The lowest BCUT2D eigenvalue weighted by Gasteiger charge is -2.03. The molecule has 0 aromatic carbocycles. The zero-order valence-electron chi connectivity index (χ0n) is 15.6. The number of pyridine rings is 1. The van der Waals surface area contributed by atoms with Crippen LogP contribution in [0.2, 0.25) is 0 Å². The third-order valence-corrected chi connectivity index (χ3v) is 4.39.